The van der Waals surface area contributed by atoms with Gasteiger partial charge >= 0.3 is 12.0 Å². The zero-order valence-electron chi connectivity index (χ0n) is 9.02. The number of hydrogen-bond donors (Lipinski definition) is 4. The summed E-state index contributed by atoms with van der Waals surface area (Å²) in [4.78, 5) is 36.4. The number of rotatable bonds is 6. The largest absolute Gasteiger partial charge is 0.479 e. The molecule has 1 unspecified atom stereocenters. The zero-order valence-corrected chi connectivity index (χ0v) is 9.02. The second-order valence-corrected chi connectivity index (χ2v) is 3.38. The van der Waals surface area contributed by atoms with Gasteiger partial charge in [-0.3, -0.25) is 9.63 Å². The molecule has 0 rings (SSSR count). The van der Waals surface area contributed by atoms with E-state index in [1.807, 2.05) is 5.48 Å². The van der Waals surface area contributed by atoms with Gasteiger partial charge in [-0.25, -0.2) is 15.1 Å². The standard InChI is InChI=1S/C8H15N3O5/c1-4(2)6(7(9)14)10-8(15)11-16-3-5(12)13/h4,6H,3H2,1-2H3,(H2,9,14)(H,12,13)(H2,10,11,15). The Hall–Kier alpha value is -1.83. The van der Waals surface area contributed by atoms with Crippen LogP contribution < -0.4 is 16.5 Å². The molecule has 5 N–H and O–H groups in total. The third kappa shape index (κ3) is 5.81. The van der Waals surface area contributed by atoms with E-state index in [0.29, 0.717) is 0 Å². The Labute approximate surface area is 92.1 Å². The summed E-state index contributed by atoms with van der Waals surface area (Å²) in [5.74, 6) is -2.08. The molecule has 0 aliphatic rings. The van der Waals surface area contributed by atoms with Gasteiger partial charge in [-0.15, -0.1) is 0 Å². The molecule has 0 bridgehead atoms. The van der Waals surface area contributed by atoms with Crippen LogP contribution in [-0.4, -0.2) is 35.7 Å². The molecule has 0 spiro atoms. The number of primary amides is 1. The number of hydroxylamine groups is 1. The van der Waals surface area contributed by atoms with E-state index in [2.05, 4.69) is 10.2 Å². The molecule has 0 saturated carbocycles. The van der Waals surface area contributed by atoms with Crippen LogP contribution in [0.3, 0.4) is 0 Å². The molecule has 0 saturated heterocycles. The number of aliphatic carboxylic acids is 1. The molecule has 0 aliphatic carbocycles. The fourth-order valence-electron chi connectivity index (χ4n) is 0.900. The van der Waals surface area contributed by atoms with Crippen LogP contribution in [0.4, 0.5) is 4.79 Å². The van der Waals surface area contributed by atoms with Crippen LogP contribution in [0.2, 0.25) is 0 Å². The smallest absolute Gasteiger partial charge is 0.339 e. The first-order valence-corrected chi connectivity index (χ1v) is 4.54. The maximum atomic E-state index is 11.1. The summed E-state index contributed by atoms with van der Waals surface area (Å²) >= 11 is 0. The lowest BCUT2D eigenvalue weighted by molar-refractivity contribution is -0.144. The van der Waals surface area contributed by atoms with E-state index in [0.717, 1.165) is 0 Å². The fraction of sp³-hybridized carbons (Fsp3) is 0.625. The predicted molar refractivity (Wildman–Crippen MR) is 53.1 cm³/mol. The predicted octanol–water partition coefficient (Wildman–Crippen LogP) is -1.19. The van der Waals surface area contributed by atoms with Crippen molar-refractivity contribution in [1.29, 1.82) is 0 Å². The van der Waals surface area contributed by atoms with Crippen molar-refractivity contribution in [2.75, 3.05) is 6.61 Å². The fourth-order valence-corrected chi connectivity index (χ4v) is 0.900. The Morgan fingerprint density at radius 2 is 1.94 bits per heavy atom. The van der Waals surface area contributed by atoms with Crippen LogP contribution in [0.15, 0.2) is 0 Å². The van der Waals surface area contributed by atoms with Crippen LogP contribution in [0.1, 0.15) is 13.8 Å². The lowest BCUT2D eigenvalue weighted by Gasteiger charge is -2.18. The second kappa shape index (κ2) is 6.62. The first-order valence-electron chi connectivity index (χ1n) is 4.54. The highest BCUT2D eigenvalue weighted by Crippen LogP contribution is 1.99. The van der Waals surface area contributed by atoms with Crippen molar-refractivity contribution < 1.29 is 24.3 Å². The SMILES string of the molecule is CC(C)C(NC(=O)NOCC(=O)O)C(N)=O. The van der Waals surface area contributed by atoms with E-state index in [1.165, 1.54) is 0 Å². The molecule has 3 amide bonds. The van der Waals surface area contributed by atoms with Gasteiger partial charge in [-0.2, -0.15) is 0 Å². The maximum absolute atomic E-state index is 11.1. The van der Waals surface area contributed by atoms with E-state index < -0.39 is 30.6 Å². The molecule has 8 nitrogen and oxygen atoms in total. The molecule has 92 valence electrons. The summed E-state index contributed by atoms with van der Waals surface area (Å²) < 4.78 is 0. The summed E-state index contributed by atoms with van der Waals surface area (Å²) in [6.45, 7) is 2.73. The van der Waals surface area contributed by atoms with Crippen LogP contribution >= 0.6 is 0 Å². The Balaban J connectivity index is 4.01. The maximum Gasteiger partial charge on any atom is 0.339 e. The molecular formula is C8H15N3O5. The van der Waals surface area contributed by atoms with Crippen molar-refractivity contribution in [2.45, 2.75) is 19.9 Å². The van der Waals surface area contributed by atoms with Crippen molar-refractivity contribution in [3.05, 3.63) is 0 Å². The quantitative estimate of drug-likeness (QED) is 0.428. The number of carboxylic acids is 1. The van der Waals surface area contributed by atoms with Gasteiger partial charge in [0.25, 0.3) is 0 Å². The van der Waals surface area contributed by atoms with Crippen LogP contribution in [0.5, 0.6) is 0 Å². The van der Waals surface area contributed by atoms with E-state index in [1.54, 1.807) is 13.8 Å². The minimum absolute atomic E-state index is 0.178. The number of nitrogens with one attached hydrogen (secondary N) is 2. The summed E-state index contributed by atoms with van der Waals surface area (Å²) in [5.41, 5.74) is 6.86. The lowest BCUT2D eigenvalue weighted by Crippen LogP contribution is -2.51. The molecule has 0 aliphatic heterocycles. The van der Waals surface area contributed by atoms with Crippen LogP contribution in [0.25, 0.3) is 0 Å². The highest BCUT2D eigenvalue weighted by atomic mass is 16.7. The molecule has 0 aromatic carbocycles. The number of carboxylic acid groups (broad SMARTS) is 1. The normalized spacial score (nSPS) is 11.9. The number of urea groups is 1. The van der Waals surface area contributed by atoms with Crippen molar-refractivity contribution in [3.8, 4) is 0 Å². The Bertz CT molecular complexity index is 279. The van der Waals surface area contributed by atoms with Crippen molar-refractivity contribution >= 4 is 17.9 Å². The number of amides is 3. The molecule has 0 aromatic rings. The number of nitrogens with two attached hydrogens (primary N) is 1. The molecular weight excluding hydrogens is 218 g/mol. The van der Waals surface area contributed by atoms with E-state index in [-0.39, 0.29) is 5.92 Å². The van der Waals surface area contributed by atoms with Crippen LogP contribution in [-0.2, 0) is 14.4 Å². The minimum atomic E-state index is -1.23. The Morgan fingerprint density at radius 1 is 1.38 bits per heavy atom. The highest BCUT2D eigenvalue weighted by Gasteiger charge is 2.21. The Kier molecular flexibility index (Phi) is 5.86. The molecule has 0 fully saturated rings. The summed E-state index contributed by atoms with van der Waals surface area (Å²) in [6.07, 6.45) is 0. The lowest BCUT2D eigenvalue weighted by atomic mass is 10.0. The zero-order chi connectivity index (χ0) is 12.7. The molecule has 8 heteroatoms. The first-order chi connectivity index (χ1) is 7.34. The van der Waals surface area contributed by atoms with Gasteiger partial charge in [-0.05, 0) is 5.92 Å². The second-order valence-electron chi connectivity index (χ2n) is 3.38. The molecule has 0 heterocycles. The van der Waals surface area contributed by atoms with Crippen molar-refractivity contribution in [2.24, 2.45) is 11.7 Å². The van der Waals surface area contributed by atoms with E-state index in [9.17, 15) is 14.4 Å². The minimum Gasteiger partial charge on any atom is -0.479 e. The summed E-state index contributed by atoms with van der Waals surface area (Å²) in [6, 6.07) is -1.66. The molecule has 0 radical (unpaired) electrons. The van der Waals surface area contributed by atoms with Gasteiger partial charge in [0, 0.05) is 0 Å². The van der Waals surface area contributed by atoms with Crippen LogP contribution in [0, 0.1) is 5.92 Å². The number of hydrogen-bond acceptors (Lipinski definition) is 4. The third-order valence-corrected chi connectivity index (χ3v) is 1.62. The van der Waals surface area contributed by atoms with Crippen molar-refractivity contribution in [3.63, 3.8) is 0 Å². The first kappa shape index (κ1) is 14.2. The topological polar surface area (TPSA) is 131 Å². The average molecular weight is 233 g/mol. The molecule has 0 aromatic heterocycles. The van der Waals surface area contributed by atoms with E-state index >= 15 is 0 Å². The highest BCUT2D eigenvalue weighted by molar-refractivity contribution is 5.85. The average Bonchev–Trinajstić information content (AvgIpc) is 2.12. The van der Waals surface area contributed by atoms with Gasteiger partial charge in [0.1, 0.15) is 6.04 Å². The summed E-state index contributed by atoms with van der Waals surface area (Å²) in [5, 5.41) is 10.5. The molecule has 16 heavy (non-hydrogen) atoms. The number of carbonyl (C=O) groups excluding carboxylic acids is 2. The van der Waals surface area contributed by atoms with Crippen molar-refractivity contribution in [1.82, 2.24) is 10.8 Å². The van der Waals surface area contributed by atoms with E-state index in [4.69, 9.17) is 10.8 Å². The third-order valence-electron chi connectivity index (χ3n) is 1.62. The monoisotopic (exact) mass is 233 g/mol. The number of carbonyl (C=O) groups is 3. The van der Waals surface area contributed by atoms with Gasteiger partial charge < -0.3 is 16.2 Å². The summed E-state index contributed by atoms with van der Waals surface area (Å²) in [7, 11) is 0. The van der Waals surface area contributed by atoms with Gasteiger partial charge in [-0.1, -0.05) is 13.8 Å². The van der Waals surface area contributed by atoms with Gasteiger partial charge in [0.2, 0.25) is 5.91 Å². The molecule has 1 atom stereocenters. The van der Waals surface area contributed by atoms with Gasteiger partial charge in [0.15, 0.2) is 6.61 Å². The Morgan fingerprint density at radius 3 is 2.31 bits per heavy atom. The van der Waals surface area contributed by atoms with Gasteiger partial charge in [0.05, 0.1) is 0 Å².